The van der Waals surface area contributed by atoms with Crippen LogP contribution in [0.3, 0.4) is 0 Å². The predicted octanol–water partition coefficient (Wildman–Crippen LogP) is 4.54. The molecule has 0 aliphatic carbocycles. The number of hydrogen-bond donors (Lipinski definition) is 1. The molecule has 5 nitrogen and oxygen atoms in total. The summed E-state index contributed by atoms with van der Waals surface area (Å²) >= 11 is 0. The van der Waals surface area contributed by atoms with Gasteiger partial charge < -0.3 is 14.6 Å². The Morgan fingerprint density at radius 2 is 1.70 bits per heavy atom. The van der Waals surface area contributed by atoms with Crippen molar-refractivity contribution in [2.75, 3.05) is 13.2 Å². The van der Waals surface area contributed by atoms with E-state index in [1.54, 1.807) is 0 Å². The van der Waals surface area contributed by atoms with Gasteiger partial charge in [0, 0.05) is 23.3 Å². The highest BCUT2D eigenvalue weighted by Crippen LogP contribution is 2.28. The summed E-state index contributed by atoms with van der Waals surface area (Å²) in [5.41, 5.74) is 4.33. The Bertz CT molecular complexity index is 1200. The Kier molecular flexibility index (Phi) is 3.83. The van der Waals surface area contributed by atoms with E-state index in [-0.39, 0.29) is 0 Å². The number of aromatic amines is 1. The minimum Gasteiger partial charge on any atom is -0.489 e. The molecule has 3 heterocycles. The Morgan fingerprint density at radius 3 is 2.59 bits per heavy atom. The highest BCUT2D eigenvalue weighted by Gasteiger charge is 2.11. The largest absolute Gasteiger partial charge is 0.489 e. The second-order valence-electron chi connectivity index (χ2n) is 6.37. The predicted molar refractivity (Wildman–Crippen MR) is 109 cm³/mol. The number of fused-ring (bicyclic) bond motifs is 4. The summed E-state index contributed by atoms with van der Waals surface area (Å²) in [6, 6.07) is 14.0. The van der Waals surface area contributed by atoms with Gasteiger partial charge >= 0.3 is 0 Å². The van der Waals surface area contributed by atoms with Crippen molar-refractivity contribution in [2.45, 2.75) is 0 Å². The van der Waals surface area contributed by atoms with Crippen LogP contribution < -0.4 is 4.74 Å². The first-order valence-electron chi connectivity index (χ1n) is 8.96. The molecule has 1 N–H and O–H groups in total. The van der Waals surface area contributed by atoms with E-state index in [9.17, 15) is 0 Å². The van der Waals surface area contributed by atoms with Gasteiger partial charge in [-0.15, -0.1) is 0 Å². The van der Waals surface area contributed by atoms with E-state index in [2.05, 4.69) is 16.0 Å². The fraction of sp³-hybridized carbons (Fsp3) is 0.0909. The number of hydrogen-bond acceptors (Lipinski definition) is 4. The van der Waals surface area contributed by atoms with Gasteiger partial charge in [0.15, 0.2) is 5.65 Å². The Hall–Kier alpha value is -3.60. The van der Waals surface area contributed by atoms with Crippen molar-refractivity contribution in [1.29, 1.82) is 0 Å². The molecule has 0 radical (unpaired) electrons. The molecule has 0 fully saturated rings. The van der Waals surface area contributed by atoms with E-state index in [0.717, 1.165) is 45.4 Å². The zero-order chi connectivity index (χ0) is 18.1. The van der Waals surface area contributed by atoms with Gasteiger partial charge in [0.1, 0.15) is 23.4 Å². The van der Waals surface area contributed by atoms with Crippen LogP contribution in [-0.4, -0.2) is 33.0 Å². The minimum atomic E-state index is 0.556. The molecular formula is C22H18N4O. The van der Waals surface area contributed by atoms with Crippen molar-refractivity contribution in [3.63, 3.8) is 0 Å². The minimum absolute atomic E-state index is 0.556. The molecule has 0 amide bonds. The van der Waals surface area contributed by atoms with Crippen molar-refractivity contribution in [3.8, 4) is 5.75 Å². The third kappa shape index (κ3) is 2.93. The van der Waals surface area contributed by atoms with Crippen LogP contribution in [-0.2, 0) is 0 Å². The maximum atomic E-state index is 6.04. The van der Waals surface area contributed by atoms with E-state index >= 15 is 0 Å². The van der Waals surface area contributed by atoms with Crippen molar-refractivity contribution in [3.05, 3.63) is 79.2 Å². The van der Waals surface area contributed by atoms with Crippen LogP contribution in [0, 0.1) is 0 Å². The Morgan fingerprint density at radius 1 is 0.852 bits per heavy atom. The topological polar surface area (TPSA) is 54.0 Å². The lowest BCUT2D eigenvalue weighted by molar-refractivity contribution is 0.286. The van der Waals surface area contributed by atoms with Crippen LogP contribution in [0.25, 0.3) is 33.1 Å². The van der Waals surface area contributed by atoms with Crippen molar-refractivity contribution >= 4 is 33.1 Å². The van der Waals surface area contributed by atoms with Crippen LogP contribution in [0.1, 0.15) is 0 Å². The first-order chi connectivity index (χ1) is 13.4. The van der Waals surface area contributed by atoms with Gasteiger partial charge in [0.05, 0.1) is 12.1 Å². The van der Waals surface area contributed by atoms with Gasteiger partial charge in [-0.1, -0.05) is 36.4 Å². The average molecular weight is 354 g/mol. The van der Waals surface area contributed by atoms with Crippen molar-refractivity contribution in [2.24, 2.45) is 0 Å². The van der Waals surface area contributed by atoms with Gasteiger partial charge in [-0.05, 0) is 30.4 Å². The number of nitrogens with zero attached hydrogens (tertiary/aromatic N) is 3. The van der Waals surface area contributed by atoms with Crippen LogP contribution in [0.4, 0.5) is 0 Å². The molecule has 2 aromatic carbocycles. The quantitative estimate of drug-likeness (QED) is 0.584. The first kappa shape index (κ1) is 15.6. The van der Waals surface area contributed by atoms with Gasteiger partial charge in [-0.25, -0.2) is 9.97 Å². The number of para-hydroxylation sites is 2. The summed E-state index contributed by atoms with van der Waals surface area (Å²) in [4.78, 5) is 15.1. The number of benzene rings is 2. The highest BCUT2D eigenvalue weighted by atomic mass is 16.5. The standard InChI is InChI=1S/C22H18N4O/c1-2-6-13-26(12-5-1)14-15-27-19-11-7-10-18-21(19)25-22-20(23-18)16-8-3-4-9-17(16)24-22/h1-13H,14-15H2,(H,24,25). The van der Waals surface area contributed by atoms with E-state index in [1.807, 2.05) is 73.1 Å². The fourth-order valence-electron chi connectivity index (χ4n) is 3.28. The van der Waals surface area contributed by atoms with E-state index in [1.165, 1.54) is 0 Å². The second kappa shape index (κ2) is 6.61. The van der Waals surface area contributed by atoms with Crippen LogP contribution in [0.2, 0.25) is 0 Å². The number of allylic oxidation sites excluding steroid dienone is 4. The molecule has 5 heteroatoms. The molecule has 0 saturated carbocycles. The molecule has 0 unspecified atom stereocenters. The molecule has 0 saturated heterocycles. The number of H-pyrrole nitrogens is 1. The fourth-order valence-corrected chi connectivity index (χ4v) is 3.28. The molecule has 132 valence electrons. The van der Waals surface area contributed by atoms with Gasteiger partial charge in [0.25, 0.3) is 0 Å². The smallest absolute Gasteiger partial charge is 0.158 e. The molecule has 0 bridgehead atoms. The van der Waals surface area contributed by atoms with Gasteiger partial charge in [0.2, 0.25) is 0 Å². The third-order valence-electron chi connectivity index (χ3n) is 4.59. The summed E-state index contributed by atoms with van der Waals surface area (Å²) in [5, 5.41) is 1.08. The normalized spacial score (nSPS) is 13.7. The lowest BCUT2D eigenvalue weighted by Crippen LogP contribution is -2.17. The number of aromatic nitrogens is 3. The molecule has 1 aliphatic heterocycles. The summed E-state index contributed by atoms with van der Waals surface area (Å²) in [7, 11) is 0. The Labute approximate surface area is 156 Å². The second-order valence-corrected chi connectivity index (χ2v) is 6.37. The van der Waals surface area contributed by atoms with Crippen LogP contribution in [0.15, 0.2) is 79.2 Å². The lowest BCUT2D eigenvalue weighted by Gasteiger charge is -2.15. The van der Waals surface area contributed by atoms with Crippen LogP contribution >= 0.6 is 0 Å². The zero-order valence-electron chi connectivity index (χ0n) is 14.7. The van der Waals surface area contributed by atoms with Crippen molar-refractivity contribution < 1.29 is 4.74 Å². The molecule has 0 spiro atoms. The molecule has 0 atom stereocenters. The van der Waals surface area contributed by atoms with Gasteiger partial charge in [-0.3, -0.25) is 0 Å². The van der Waals surface area contributed by atoms with Crippen molar-refractivity contribution in [1.82, 2.24) is 19.9 Å². The Balaban J connectivity index is 1.46. The maximum Gasteiger partial charge on any atom is 0.158 e. The monoisotopic (exact) mass is 354 g/mol. The average Bonchev–Trinajstić information content (AvgIpc) is 2.86. The molecule has 27 heavy (non-hydrogen) atoms. The summed E-state index contributed by atoms with van der Waals surface area (Å²) in [6.45, 7) is 1.31. The number of ether oxygens (including phenoxy) is 1. The maximum absolute atomic E-state index is 6.04. The van der Waals surface area contributed by atoms with E-state index < -0.39 is 0 Å². The SMILES string of the molecule is C1=CC=CN(CCOc2cccc3nc4c(nc23)[nH]c2ccccc24)C=C1. The molecule has 2 aromatic heterocycles. The number of rotatable bonds is 4. The highest BCUT2D eigenvalue weighted by molar-refractivity contribution is 6.05. The summed E-state index contributed by atoms with van der Waals surface area (Å²) < 4.78 is 6.04. The zero-order valence-corrected chi connectivity index (χ0v) is 14.7. The van der Waals surface area contributed by atoms with E-state index in [0.29, 0.717) is 6.61 Å². The van der Waals surface area contributed by atoms with E-state index in [4.69, 9.17) is 14.7 Å². The molecule has 1 aliphatic rings. The molecule has 5 rings (SSSR count). The first-order valence-corrected chi connectivity index (χ1v) is 8.96. The summed E-state index contributed by atoms with van der Waals surface area (Å²) in [6.07, 6.45) is 12.1. The summed E-state index contributed by atoms with van der Waals surface area (Å²) in [5.74, 6) is 0.751. The molecular weight excluding hydrogens is 336 g/mol. The molecule has 4 aromatic rings. The third-order valence-corrected chi connectivity index (χ3v) is 4.59. The van der Waals surface area contributed by atoms with Gasteiger partial charge in [-0.2, -0.15) is 0 Å². The lowest BCUT2D eigenvalue weighted by atomic mass is 10.2. The number of nitrogens with one attached hydrogen (secondary N) is 1. The van der Waals surface area contributed by atoms with Crippen LogP contribution in [0.5, 0.6) is 5.75 Å².